The summed E-state index contributed by atoms with van der Waals surface area (Å²) >= 11 is 0. The van der Waals surface area contributed by atoms with Gasteiger partial charge in [0.25, 0.3) is 0 Å². The zero-order valence-corrected chi connectivity index (χ0v) is 13.5. The minimum atomic E-state index is -3.34. The summed E-state index contributed by atoms with van der Waals surface area (Å²) < 4.78 is 30.9. The van der Waals surface area contributed by atoms with Crippen molar-refractivity contribution in [2.45, 2.75) is 44.9 Å². The van der Waals surface area contributed by atoms with Crippen LogP contribution in [0.3, 0.4) is 0 Å². The fraction of sp³-hybridized carbons (Fsp3) is 0.786. The Hall–Kier alpha value is -0.920. The highest BCUT2D eigenvalue weighted by atomic mass is 32.2. The predicted molar refractivity (Wildman–Crippen MR) is 81.1 cm³/mol. The zero-order chi connectivity index (χ0) is 15.3. The van der Waals surface area contributed by atoms with Crippen molar-refractivity contribution in [2.24, 2.45) is 11.8 Å². The van der Waals surface area contributed by atoms with Gasteiger partial charge in [-0.05, 0) is 31.1 Å². The number of hydrogen-bond acceptors (Lipinski definition) is 5. The Balaban J connectivity index is 1.65. The van der Waals surface area contributed by atoms with Crippen LogP contribution in [0.2, 0.25) is 0 Å². The summed E-state index contributed by atoms with van der Waals surface area (Å²) in [6, 6.07) is 2.07. The van der Waals surface area contributed by atoms with E-state index in [2.05, 4.69) is 33.6 Å². The molecule has 3 atom stereocenters. The number of aromatic nitrogens is 1. The SMILES string of the molecule is C[C@@H]1CC[C@@H](NCCNS(=O)(=O)Cc2ccon2)C[C@@H]1C. The van der Waals surface area contributed by atoms with Gasteiger partial charge in [-0.2, -0.15) is 0 Å². The number of hydrogen-bond donors (Lipinski definition) is 2. The molecule has 1 fully saturated rings. The second-order valence-corrected chi connectivity index (χ2v) is 7.87. The molecule has 2 rings (SSSR count). The molecule has 0 unspecified atom stereocenters. The van der Waals surface area contributed by atoms with E-state index in [4.69, 9.17) is 0 Å². The summed E-state index contributed by atoms with van der Waals surface area (Å²) in [5, 5.41) is 7.05. The van der Waals surface area contributed by atoms with E-state index >= 15 is 0 Å². The first-order chi connectivity index (χ1) is 9.96. The molecule has 21 heavy (non-hydrogen) atoms. The van der Waals surface area contributed by atoms with Gasteiger partial charge in [0.1, 0.15) is 12.0 Å². The van der Waals surface area contributed by atoms with Crippen LogP contribution in [0.15, 0.2) is 16.9 Å². The van der Waals surface area contributed by atoms with Gasteiger partial charge >= 0.3 is 0 Å². The highest BCUT2D eigenvalue weighted by molar-refractivity contribution is 7.88. The van der Waals surface area contributed by atoms with Gasteiger partial charge in [-0.1, -0.05) is 19.0 Å². The lowest BCUT2D eigenvalue weighted by atomic mass is 9.79. The lowest BCUT2D eigenvalue weighted by Crippen LogP contribution is -2.40. The van der Waals surface area contributed by atoms with Crippen LogP contribution in [0.5, 0.6) is 0 Å². The molecule has 1 saturated carbocycles. The summed E-state index contributed by atoms with van der Waals surface area (Å²) in [4.78, 5) is 0. The van der Waals surface area contributed by atoms with Gasteiger partial charge in [0.05, 0.1) is 5.69 Å². The summed E-state index contributed by atoms with van der Waals surface area (Å²) in [5.41, 5.74) is 0.422. The van der Waals surface area contributed by atoms with Crippen molar-refractivity contribution in [3.8, 4) is 0 Å². The van der Waals surface area contributed by atoms with E-state index in [-0.39, 0.29) is 5.75 Å². The quantitative estimate of drug-likeness (QED) is 0.745. The fourth-order valence-electron chi connectivity index (χ4n) is 2.77. The van der Waals surface area contributed by atoms with Gasteiger partial charge < -0.3 is 9.84 Å². The smallest absolute Gasteiger partial charge is 0.217 e. The van der Waals surface area contributed by atoms with E-state index in [0.29, 0.717) is 24.8 Å². The van der Waals surface area contributed by atoms with E-state index in [1.807, 2.05) is 0 Å². The van der Waals surface area contributed by atoms with Crippen LogP contribution in [-0.2, 0) is 15.8 Å². The van der Waals surface area contributed by atoms with Crippen LogP contribution in [0.4, 0.5) is 0 Å². The van der Waals surface area contributed by atoms with Gasteiger partial charge in [-0.15, -0.1) is 0 Å². The highest BCUT2D eigenvalue weighted by Crippen LogP contribution is 2.29. The molecule has 0 aliphatic heterocycles. The van der Waals surface area contributed by atoms with Crippen LogP contribution in [0, 0.1) is 11.8 Å². The second kappa shape index (κ2) is 7.38. The molecule has 1 aromatic rings. The van der Waals surface area contributed by atoms with E-state index in [0.717, 1.165) is 11.8 Å². The summed E-state index contributed by atoms with van der Waals surface area (Å²) in [6.07, 6.45) is 4.97. The van der Waals surface area contributed by atoms with Crippen LogP contribution >= 0.6 is 0 Å². The molecule has 1 aromatic heterocycles. The maximum absolute atomic E-state index is 11.8. The first kappa shape index (κ1) is 16.5. The summed E-state index contributed by atoms with van der Waals surface area (Å²) in [5.74, 6) is 1.39. The molecular weight excluding hydrogens is 290 g/mol. The van der Waals surface area contributed by atoms with Crippen LogP contribution in [-0.4, -0.2) is 32.7 Å². The largest absolute Gasteiger partial charge is 0.364 e. The molecule has 120 valence electrons. The number of sulfonamides is 1. The van der Waals surface area contributed by atoms with Gasteiger partial charge in [0, 0.05) is 25.2 Å². The Bertz CT molecular complexity index is 516. The van der Waals surface area contributed by atoms with Gasteiger partial charge in [-0.25, -0.2) is 13.1 Å². The Morgan fingerprint density at radius 1 is 1.29 bits per heavy atom. The van der Waals surface area contributed by atoms with E-state index < -0.39 is 10.0 Å². The van der Waals surface area contributed by atoms with Crippen molar-refractivity contribution in [1.82, 2.24) is 15.2 Å². The Kier molecular flexibility index (Phi) is 5.78. The molecule has 0 bridgehead atoms. The standard InChI is InChI=1S/C14H25N3O3S/c1-11-3-4-13(9-12(11)2)15-6-7-16-21(18,19)10-14-5-8-20-17-14/h5,8,11-13,15-16H,3-4,6-7,9-10H2,1-2H3/t11-,12+,13-/m1/s1. The van der Waals surface area contributed by atoms with Gasteiger partial charge in [0.15, 0.2) is 0 Å². The van der Waals surface area contributed by atoms with E-state index in [9.17, 15) is 8.42 Å². The van der Waals surface area contributed by atoms with E-state index in [1.54, 1.807) is 6.07 Å². The van der Waals surface area contributed by atoms with E-state index in [1.165, 1.54) is 25.5 Å². The molecule has 0 saturated heterocycles. The first-order valence-electron chi connectivity index (χ1n) is 7.56. The molecule has 0 amide bonds. The predicted octanol–water partition coefficient (Wildman–Crippen LogP) is 1.51. The molecule has 1 heterocycles. The Labute approximate surface area is 126 Å². The van der Waals surface area contributed by atoms with Gasteiger partial charge in [0.2, 0.25) is 10.0 Å². The number of rotatable bonds is 7. The topological polar surface area (TPSA) is 84.2 Å². The third-order valence-corrected chi connectivity index (χ3v) is 5.63. The first-order valence-corrected chi connectivity index (χ1v) is 9.21. The normalized spacial score (nSPS) is 26.9. The minimum Gasteiger partial charge on any atom is -0.364 e. The van der Waals surface area contributed by atoms with Crippen molar-refractivity contribution in [2.75, 3.05) is 13.1 Å². The van der Waals surface area contributed by atoms with Crippen LogP contribution in [0.25, 0.3) is 0 Å². The lowest BCUT2D eigenvalue weighted by molar-refractivity contribution is 0.227. The third-order valence-electron chi connectivity index (χ3n) is 4.31. The number of nitrogens with zero attached hydrogens (tertiary/aromatic N) is 1. The van der Waals surface area contributed by atoms with Crippen LogP contribution in [0.1, 0.15) is 38.8 Å². The highest BCUT2D eigenvalue weighted by Gasteiger charge is 2.23. The summed E-state index contributed by atoms with van der Waals surface area (Å²) in [7, 11) is -3.34. The van der Waals surface area contributed by atoms with Crippen molar-refractivity contribution < 1.29 is 12.9 Å². The second-order valence-electron chi connectivity index (χ2n) is 6.06. The maximum Gasteiger partial charge on any atom is 0.217 e. The molecule has 1 aliphatic rings. The minimum absolute atomic E-state index is 0.137. The molecule has 2 N–H and O–H groups in total. The van der Waals surface area contributed by atoms with Crippen molar-refractivity contribution in [3.05, 3.63) is 18.0 Å². The molecule has 0 aromatic carbocycles. The number of nitrogens with one attached hydrogen (secondary N) is 2. The Morgan fingerprint density at radius 2 is 2.10 bits per heavy atom. The molecular formula is C14H25N3O3S. The fourth-order valence-corrected chi connectivity index (χ4v) is 3.83. The zero-order valence-electron chi connectivity index (χ0n) is 12.7. The van der Waals surface area contributed by atoms with Gasteiger partial charge in [-0.3, -0.25) is 0 Å². The van der Waals surface area contributed by atoms with Crippen molar-refractivity contribution in [3.63, 3.8) is 0 Å². The molecule has 1 aliphatic carbocycles. The third kappa shape index (κ3) is 5.41. The monoisotopic (exact) mass is 315 g/mol. The maximum atomic E-state index is 11.8. The average Bonchev–Trinajstić information content (AvgIpc) is 2.91. The van der Waals surface area contributed by atoms with Crippen LogP contribution < -0.4 is 10.0 Å². The molecule has 7 heteroatoms. The Morgan fingerprint density at radius 3 is 2.76 bits per heavy atom. The van der Waals surface area contributed by atoms with Crippen molar-refractivity contribution >= 4 is 10.0 Å². The molecule has 6 nitrogen and oxygen atoms in total. The molecule has 0 radical (unpaired) electrons. The molecule has 0 spiro atoms. The van der Waals surface area contributed by atoms with Crippen molar-refractivity contribution in [1.29, 1.82) is 0 Å². The summed E-state index contributed by atoms with van der Waals surface area (Å²) in [6.45, 7) is 5.66. The average molecular weight is 315 g/mol. The lowest BCUT2D eigenvalue weighted by Gasteiger charge is -2.32.